The van der Waals surface area contributed by atoms with E-state index in [2.05, 4.69) is 20.3 Å². The topological polar surface area (TPSA) is 75.6 Å². The summed E-state index contributed by atoms with van der Waals surface area (Å²) in [7, 11) is 4.65. The van der Waals surface area contributed by atoms with E-state index in [1.807, 2.05) is 24.3 Å². The van der Waals surface area contributed by atoms with Crippen LogP contribution >= 0.6 is 11.6 Å². The Morgan fingerprint density at radius 1 is 1.00 bits per heavy atom. The molecular weight excluding hydrogens is 432 g/mol. The molecule has 0 aromatic heterocycles. The zero-order chi connectivity index (χ0) is 22.9. The summed E-state index contributed by atoms with van der Waals surface area (Å²) < 4.78 is 16.0. The van der Waals surface area contributed by atoms with Crippen molar-refractivity contribution >= 4 is 23.7 Å². The predicted octanol–water partition coefficient (Wildman–Crippen LogP) is 2.63. The molecule has 1 N–H and O–H groups in total. The van der Waals surface area contributed by atoms with Crippen molar-refractivity contribution in [1.82, 2.24) is 15.2 Å². The van der Waals surface area contributed by atoms with E-state index in [0.29, 0.717) is 23.8 Å². The van der Waals surface area contributed by atoms with Gasteiger partial charge in [-0.1, -0.05) is 23.7 Å². The number of hydrogen-bond acceptors (Lipinski definition) is 7. The van der Waals surface area contributed by atoms with Gasteiger partial charge in [0.25, 0.3) is 5.91 Å². The molecule has 0 radical (unpaired) electrons. The van der Waals surface area contributed by atoms with Crippen molar-refractivity contribution in [2.24, 2.45) is 5.10 Å². The molecule has 1 fully saturated rings. The van der Waals surface area contributed by atoms with Crippen LogP contribution in [0.1, 0.15) is 11.1 Å². The quantitative estimate of drug-likeness (QED) is 0.458. The minimum absolute atomic E-state index is 0.153. The Balaban J connectivity index is 1.45. The minimum Gasteiger partial charge on any atom is -0.493 e. The Morgan fingerprint density at radius 2 is 1.59 bits per heavy atom. The second-order valence-corrected chi connectivity index (χ2v) is 7.87. The average Bonchev–Trinajstić information content (AvgIpc) is 2.81. The molecule has 0 unspecified atom stereocenters. The first-order chi connectivity index (χ1) is 15.5. The molecule has 0 aliphatic carbocycles. The molecule has 8 nitrogen and oxygen atoms in total. The molecule has 32 heavy (non-hydrogen) atoms. The van der Waals surface area contributed by atoms with E-state index < -0.39 is 0 Å². The molecule has 9 heteroatoms. The monoisotopic (exact) mass is 460 g/mol. The maximum atomic E-state index is 12.3. The summed E-state index contributed by atoms with van der Waals surface area (Å²) in [5, 5.41) is 4.81. The van der Waals surface area contributed by atoms with Crippen LogP contribution in [0.25, 0.3) is 0 Å². The lowest BCUT2D eigenvalue weighted by atomic mass is 10.2. The van der Waals surface area contributed by atoms with Crippen LogP contribution in [0, 0.1) is 0 Å². The largest absolute Gasteiger partial charge is 0.493 e. The van der Waals surface area contributed by atoms with Gasteiger partial charge >= 0.3 is 0 Å². The lowest BCUT2D eigenvalue weighted by Crippen LogP contribution is -2.48. The van der Waals surface area contributed by atoms with Crippen molar-refractivity contribution in [3.8, 4) is 17.2 Å². The number of hydrogen-bond donors (Lipinski definition) is 1. The molecule has 1 amide bonds. The third-order valence-corrected chi connectivity index (χ3v) is 5.49. The van der Waals surface area contributed by atoms with Crippen molar-refractivity contribution in [3.05, 3.63) is 52.5 Å². The van der Waals surface area contributed by atoms with E-state index >= 15 is 0 Å². The summed E-state index contributed by atoms with van der Waals surface area (Å²) in [5.41, 5.74) is 4.54. The van der Waals surface area contributed by atoms with Crippen molar-refractivity contribution in [2.45, 2.75) is 6.54 Å². The summed E-state index contributed by atoms with van der Waals surface area (Å²) in [6.45, 7) is 4.67. The average molecular weight is 461 g/mol. The van der Waals surface area contributed by atoms with Crippen LogP contribution in [0.15, 0.2) is 41.5 Å². The van der Waals surface area contributed by atoms with Gasteiger partial charge in [0.1, 0.15) is 0 Å². The van der Waals surface area contributed by atoms with Gasteiger partial charge in [-0.3, -0.25) is 14.6 Å². The molecule has 172 valence electrons. The summed E-state index contributed by atoms with van der Waals surface area (Å²) in [6, 6.07) is 11.4. The molecule has 0 saturated carbocycles. The van der Waals surface area contributed by atoms with Gasteiger partial charge in [-0.2, -0.15) is 5.10 Å². The number of benzene rings is 2. The van der Waals surface area contributed by atoms with Crippen LogP contribution in [0.5, 0.6) is 17.2 Å². The molecule has 1 saturated heterocycles. The number of rotatable bonds is 9. The number of nitrogens with zero attached hydrogens (tertiary/aromatic N) is 3. The first-order valence-electron chi connectivity index (χ1n) is 10.3. The van der Waals surface area contributed by atoms with Gasteiger partial charge in [0.05, 0.1) is 34.1 Å². The molecule has 0 bridgehead atoms. The molecule has 1 aliphatic heterocycles. The molecule has 0 spiro atoms. The van der Waals surface area contributed by atoms with Gasteiger partial charge in [0.15, 0.2) is 11.5 Å². The van der Waals surface area contributed by atoms with Crippen LogP contribution in [-0.2, 0) is 11.3 Å². The lowest BCUT2D eigenvalue weighted by molar-refractivity contribution is -0.122. The normalized spacial score (nSPS) is 15.0. The Kier molecular flexibility index (Phi) is 8.72. The maximum absolute atomic E-state index is 12.3. The SMILES string of the molecule is COc1cc(/C=N/NC(=O)CN2CCN(Cc3ccc(Cl)cc3)CC2)cc(OC)c1OC. The van der Waals surface area contributed by atoms with Gasteiger partial charge in [-0.05, 0) is 29.8 Å². The fourth-order valence-corrected chi connectivity index (χ4v) is 3.67. The highest BCUT2D eigenvalue weighted by Crippen LogP contribution is 2.37. The third-order valence-electron chi connectivity index (χ3n) is 5.24. The van der Waals surface area contributed by atoms with Gasteiger partial charge in [-0.15, -0.1) is 0 Å². The van der Waals surface area contributed by atoms with Crippen LogP contribution in [-0.4, -0.2) is 76.0 Å². The highest BCUT2D eigenvalue weighted by Gasteiger charge is 2.19. The van der Waals surface area contributed by atoms with E-state index in [-0.39, 0.29) is 5.91 Å². The number of carbonyl (C=O) groups excluding carboxylic acids is 1. The van der Waals surface area contributed by atoms with Crippen LogP contribution in [0.3, 0.4) is 0 Å². The summed E-state index contributed by atoms with van der Waals surface area (Å²) in [5.74, 6) is 1.40. The lowest BCUT2D eigenvalue weighted by Gasteiger charge is -2.34. The van der Waals surface area contributed by atoms with Crippen LogP contribution in [0.2, 0.25) is 5.02 Å². The molecule has 2 aromatic rings. The standard InChI is InChI=1S/C23H29ClN4O4/c1-30-20-12-18(13-21(31-2)23(20)32-3)14-25-26-22(29)16-28-10-8-27(9-11-28)15-17-4-6-19(24)7-5-17/h4-7,12-14H,8-11,15-16H2,1-3H3,(H,26,29)/b25-14+. The number of hydrazone groups is 1. The number of ether oxygens (including phenoxy) is 3. The van der Waals surface area contributed by atoms with E-state index in [1.54, 1.807) is 39.7 Å². The van der Waals surface area contributed by atoms with Gasteiger partial charge < -0.3 is 14.2 Å². The third kappa shape index (κ3) is 6.59. The van der Waals surface area contributed by atoms with E-state index in [1.165, 1.54) is 5.56 Å². The Morgan fingerprint density at radius 3 is 2.16 bits per heavy atom. The van der Waals surface area contributed by atoms with Crippen molar-refractivity contribution in [3.63, 3.8) is 0 Å². The smallest absolute Gasteiger partial charge is 0.254 e. The zero-order valence-corrected chi connectivity index (χ0v) is 19.4. The Bertz CT molecular complexity index is 903. The second-order valence-electron chi connectivity index (χ2n) is 7.43. The minimum atomic E-state index is -0.153. The molecule has 1 heterocycles. The second kappa shape index (κ2) is 11.7. The van der Waals surface area contributed by atoms with E-state index in [4.69, 9.17) is 25.8 Å². The number of methoxy groups -OCH3 is 3. The zero-order valence-electron chi connectivity index (χ0n) is 18.6. The molecule has 3 rings (SSSR count). The first-order valence-corrected chi connectivity index (χ1v) is 10.7. The van der Waals surface area contributed by atoms with Crippen molar-refractivity contribution in [1.29, 1.82) is 0 Å². The number of carbonyl (C=O) groups is 1. The van der Waals surface area contributed by atoms with Crippen molar-refractivity contribution < 1.29 is 19.0 Å². The van der Waals surface area contributed by atoms with Gasteiger partial charge in [-0.25, -0.2) is 5.43 Å². The molecular formula is C23H29ClN4O4. The van der Waals surface area contributed by atoms with Crippen molar-refractivity contribution in [2.75, 3.05) is 54.1 Å². The number of nitrogens with one attached hydrogen (secondary N) is 1. The van der Waals surface area contributed by atoms with Gasteiger partial charge in [0.2, 0.25) is 5.75 Å². The van der Waals surface area contributed by atoms with Crippen LogP contribution < -0.4 is 19.6 Å². The fraction of sp³-hybridized carbons (Fsp3) is 0.391. The highest BCUT2D eigenvalue weighted by atomic mass is 35.5. The molecule has 2 aromatic carbocycles. The first kappa shape index (κ1) is 23.8. The summed E-state index contributed by atoms with van der Waals surface area (Å²) in [4.78, 5) is 16.8. The highest BCUT2D eigenvalue weighted by molar-refractivity contribution is 6.30. The van der Waals surface area contributed by atoms with E-state index in [0.717, 1.165) is 43.3 Å². The summed E-state index contributed by atoms with van der Waals surface area (Å²) >= 11 is 5.95. The Hall–Kier alpha value is -2.81. The number of amides is 1. The van der Waals surface area contributed by atoms with E-state index in [9.17, 15) is 4.79 Å². The number of halogens is 1. The molecule has 0 atom stereocenters. The maximum Gasteiger partial charge on any atom is 0.254 e. The predicted molar refractivity (Wildman–Crippen MR) is 125 cm³/mol. The Labute approximate surface area is 193 Å². The van der Waals surface area contributed by atoms with Gasteiger partial charge in [0, 0.05) is 43.3 Å². The summed E-state index contributed by atoms with van der Waals surface area (Å²) in [6.07, 6.45) is 1.55. The fourth-order valence-electron chi connectivity index (χ4n) is 3.55. The number of piperazine rings is 1. The van der Waals surface area contributed by atoms with Crippen LogP contribution in [0.4, 0.5) is 0 Å². The molecule has 1 aliphatic rings.